The number of piperidine rings is 1. The van der Waals surface area contributed by atoms with Gasteiger partial charge in [0, 0.05) is 98.6 Å². The number of nitrogens with one attached hydrogen (secondary N) is 2. The Morgan fingerprint density at radius 3 is 2.38 bits per heavy atom. The smallest absolute Gasteiger partial charge is 0.275 e. The van der Waals surface area contributed by atoms with Crippen LogP contribution in [0.2, 0.25) is 5.02 Å². The van der Waals surface area contributed by atoms with Gasteiger partial charge in [0.25, 0.3) is 17.4 Å². The first-order chi connectivity index (χ1) is 28.7. The molecule has 8 rings (SSSR count). The summed E-state index contributed by atoms with van der Waals surface area (Å²) in [5.41, 5.74) is 0.738. The van der Waals surface area contributed by atoms with Crippen LogP contribution in [0.1, 0.15) is 81.8 Å². The summed E-state index contributed by atoms with van der Waals surface area (Å²) in [5, 5.41) is 20.6. The van der Waals surface area contributed by atoms with Gasteiger partial charge in [-0.2, -0.15) is 10.4 Å². The normalized spacial score (nSPS) is 24.2. The van der Waals surface area contributed by atoms with Crippen molar-refractivity contribution in [2.45, 2.75) is 78.0 Å². The van der Waals surface area contributed by atoms with Crippen molar-refractivity contribution in [2.75, 3.05) is 55.6 Å². The number of aromatic nitrogens is 4. The number of rotatable bonds is 9. The third-order valence-electron chi connectivity index (χ3n) is 13.0. The van der Waals surface area contributed by atoms with Crippen molar-refractivity contribution in [1.82, 2.24) is 35.3 Å². The van der Waals surface area contributed by atoms with E-state index in [1.165, 1.54) is 4.68 Å². The molecule has 15 nitrogen and oxygen atoms in total. The Kier molecular flexibility index (Phi) is 11.3. The highest BCUT2D eigenvalue weighted by molar-refractivity contribution is 6.31. The zero-order valence-corrected chi connectivity index (χ0v) is 35.2. The van der Waals surface area contributed by atoms with Crippen LogP contribution >= 0.6 is 11.6 Å². The summed E-state index contributed by atoms with van der Waals surface area (Å²) < 4.78 is 7.57. The molecule has 0 bridgehead atoms. The van der Waals surface area contributed by atoms with Gasteiger partial charge in [-0.1, -0.05) is 39.3 Å². The number of ether oxygens (including phenoxy) is 1. The molecule has 3 saturated heterocycles. The van der Waals surface area contributed by atoms with Crippen LogP contribution in [0.3, 0.4) is 0 Å². The quantitative estimate of drug-likeness (QED) is 0.222. The van der Waals surface area contributed by atoms with Crippen molar-refractivity contribution in [3.05, 3.63) is 81.5 Å². The van der Waals surface area contributed by atoms with Gasteiger partial charge >= 0.3 is 0 Å². The minimum Gasteiger partial charge on any atom is -0.489 e. The molecule has 4 aromatic rings. The second kappa shape index (κ2) is 16.5. The Morgan fingerprint density at radius 2 is 1.68 bits per heavy atom. The Labute approximate surface area is 354 Å². The van der Waals surface area contributed by atoms with Crippen LogP contribution in [0.25, 0.3) is 10.8 Å². The summed E-state index contributed by atoms with van der Waals surface area (Å²) in [5.74, 6) is 0.733. The number of anilines is 2. The summed E-state index contributed by atoms with van der Waals surface area (Å²) in [7, 11) is 0. The molecule has 0 spiro atoms. The first kappa shape index (κ1) is 41.2. The van der Waals surface area contributed by atoms with Gasteiger partial charge in [-0.25, -0.2) is 14.6 Å². The van der Waals surface area contributed by atoms with E-state index in [2.05, 4.69) is 74.2 Å². The van der Waals surface area contributed by atoms with E-state index >= 15 is 0 Å². The number of hydrogen-bond acceptors (Lipinski definition) is 12. The zero-order valence-electron chi connectivity index (χ0n) is 34.5. The second-order valence-corrected chi connectivity index (χ2v) is 18.2. The first-order valence-electron chi connectivity index (χ1n) is 20.8. The maximum Gasteiger partial charge on any atom is 0.275 e. The monoisotopic (exact) mass is 834 g/mol. The number of hydrogen-bond donors (Lipinski definition) is 2. The van der Waals surface area contributed by atoms with Crippen molar-refractivity contribution in [3.63, 3.8) is 0 Å². The topological polar surface area (TPSA) is 179 Å². The summed E-state index contributed by atoms with van der Waals surface area (Å²) in [6, 6.07) is 11.9. The molecule has 2 aromatic heterocycles. The van der Waals surface area contributed by atoms with E-state index < -0.39 is 11.9 Å². The Morgan fingerprint density at radius 1 is 0.933 bits per heavy atom. The number of nitrogens with zero attached hydrogens (tertiary/aromatic N) is 8. The zero-order chi connectivity index (χ0) is 42.3. The van der Waals surface area contributed by atoms with Gasteiger partial charge in [-0.15, -0.1) is 0 Å². The van der Waals surface area contributed by atoms with Crippen LogP contribution in [-0.4, -0.2) is 100 Å². The molecule has 2 aromatic carbocycles. The van der Waals surface area contributed by atoms with Crippen LogP contribution in [-0.2, 0) is 9.59 Å². The van der Waals surface area contributed by atoms with Crippen molar-refractivity contribution >= 4 is 51.7 Å². The van der Waals surface area contributed by atoms with Crippen LogP contribution in [0, 0.1) is 28.1 Å². The molecule has 2 N–H and O–H groups in total. The summed E-state index contributed by atoms with van der Waals surface area (Å²) in [6.07, 6.45) is 8.30. The molecule has 2 atom stereocenters. The number of benzene rings is 2. The Hall–Kier alpha value is -5.59. The third-order valence-corrected chi connectivity index (χ3v) is 13.3. The highest BCUT2D eigenvalue weighted by atomic mass is 35.5. The van der Waals surface area contributed by atoms with E-state index in [0.717, 1.165) is 76.1 Å². The lowest BCUT2D eigenvalue weighted by Crippen LogP contribution is -2.74. The van der Waals surface area contributed by atoms with Crippen molar-refractivity contribution in [1.29, 1.82) is 5.26 Å². The molecule has 1 saturated carbocycles. The number of imide groups is 1. The molecule has 4 fully saturated rings. The van der Waals surface area contributed by atoms with Crippen LogP contribution in [0.4, 0.5) is 11.6 Å². The van der Waals surface area contributed by atoms with E-state index in [1.807, 2.05) is 18.2 Å². The van der Waals surface area contributed by atoms with Crippen LogP contribution in [0.15, 0.2) is 59.8 Å². The maximum absolute atomic E-state index is 13.5. The molecule has 60 heavy (non-hydrogen) atoms. The number of carbonyl (C=O) groups excluding carboxylic acids is 3. The SMILES string of the molecule is CC1(C)[C@H](NC(=O)c2cnc(N3CCCC(CN4CCN(c5ccc6c(=O)n(C7CCC(=O)NC7=O)ncc6c5)CC4)CC3)nc2)C(C)(C)[C@H]1Oc1ccc(C#N)c(Cl)c1. The van der Waals surface area contributed by atoms with Gasteiger partial charge in [-0.05, 0) is 61.9 Å². The summed E-state index contributed by atoms with van der Waals surface area (Å²) >= 11 is 6.25. The van der Waals surface area contributed by atoms with Crippen LogP contribution < -0.4 is 30.7 Å². The predicted octanol–water partition coefficient (Wildman–Crippen LogP) is 4.73. The number of nitriles is 1. The average molecular weight is 835 g/mol. The largest absolute Gasteiger partial charge is 0.489 e. The first-order valence-corrected chi connectivity index (χ1v) is 21.2. The van der Waals surface area contributed by atoms with Gasteiger partial charge in [0.1, 0.15) is 24.0 Å². The molecular formula is C44H51ClN10O5. The Bertz CT molecular complexity index is 2390. The fourth-order valence-corrected chi connectivity index (χ4v) is 10.2. The van der Waals surface area contributed by atoms with E-state index in [0.29, 0.717) is 39.2 Å². The third kappa shape index (κ3) is 8.02. The van der Waals surface area contributed by atoms with Gasteiger partial charge in [0.2, 0.25) is 11.9 Å². The van der Waals surface area contributed by atoms with Gasteiger partial charge < -0.3 is 19.9 Å². The lowest BCUT2D eigenvalue weighted by Gasteiger charge is -2.63. The molecular weight excluding hydrogens is 784 g/mol. The molecule has 16 heteroatoms. The van der Waals surface area contributed by atoms with E-state index in [4.69, 9.17) is 16.3 Å². The van der Waals surface area contributed by atoms with Crippen LogP contribution in [0.5, 0.6) is 5.75 Å². The standard InChI is InChI=1S/C44H51ClN10O5/c1-43(2)40(44(3,4)41(43)60-32-9-7-28(22-46)34(45)21-32)51-37(57)30-23-47-42(48-24-30)54-14-5-6-27(13-15-54)26-52-16-18-53(19-17-52)31-8-10-33-29(20-31)25-49-55(39(33)59)35-11-12-36(56)50-38(35)58/h7-10,20-21,23-25,27,35,40-41H,5-6,11-19,26H2,1-4H3,(H,51,57)(H,50,56,58)/t27?,35?,40-,41-. The fourth-order valence-electron chi connectivity index (χ4n) is 10.00. The van der Waals surface area contributed by atoms with E-state index in [1.54, 1.807) is 36.8 Å². The number of fused-ring (bicyclic) bond motifs is 1. The van der Waals surface area contributed by atoms with Crippen molar-refractivity contribution < 1.29 is 19.1 Å². The minimum atomic E-state index is -0.788. The molecule has 5 heterocycles. The van der Waals surface area contributed by atoms with E-state index in [-0.39, 0.29) is 53.2 Å². The lowest BCUT2D eigenvalue weighted by molar-refractivity contribution is -0.164. The van der Waals surface area contributed by atoms with Gasteiger partial charge in [0.15, 0.2) is 0 Å². The molecule has 4 aliphatic rings. The fraction of sp³-hybridized carbons (Fsp3) is 0.500. The summed E-state index contributed by atoms with van der Waals surface area (Å²) in [6.45, 7) is 14.7. The number of piperazine rings is 1. The number of amides is 3. The van der Waals surface area contributed by atoms with Crippen molar-refractivity contribution in [3.8, 4) is 11.8 Å². The molecule has 1 aliphatic carbocycles. The molecule has 3 amide bonds. The minimum absolute atomic E-state index is 0.172. The highest BCUT2D eigenvalue weighted by Crippen LogP contribution is 2.55. The Balaban J connectivity index is 0.806. The molecule has 0 radical (unpaired) electrons. The van der Waals surface area contributed by atoms with Crippen molar-refractivity contribution in [2.24, 2.45) is 16.7 Å². The highest BCUT2D eigenvalue weighted by Gasteiger charge is 2.64. The molecule has 3 aliphatic heterocycles. The number of halogens is 1. The average Bonchev–Trinajstić information content (AvgIpc) is 3.48. The second-order valence-electron chi connectivity index (χ2n) is 17.8. The molecule has 314 valence electrons. The predicted molar refractivity (Wildman–Crippen MR) is 227 cm³/mol. The summed E-state index contributed by atoms with van der Waals surface area (Å²) in [4.78, 5) is 67.1. The lowest BCUT2D eigenvalue weighted by atomic mass is 9.49. The molecule has 2 unspecified atom stereocenters. The van der Waals surface area contributed by atoms with E-state index in [9.17, 15) is 24.4 Å². The van der Waals surface area contributed by atoms with Gasteiger partial charge in [-0.3, -0.25) is 29.4 Å². The maximum atomic E-state index is 13.5. The number of carbonyl (C=O) groups is 3. The van der Waals surface area contributed by atoms with Gasteiger partial charge in [0.05, 0.1) is 27.7 Å².